The molecule has 4 nitrogen and oxygen atoms in total. The lowest BCUT2D eigenvalue weighted by Gasteiger charge is -2.15. The number of carbonyl (C=O) groups is 1. The van der Waals surface area contributed by atoms with Gasteiger partial charge in [-0.3, -0.25) is 0 Å². The normalized spacial score (nSPS) is 11.2. The Kier molecular flexibility index (Phi) is 7.23. The van der Waals surface area contributed by atoms with Crippen LogP contribution in [-0.4, -0.2) is 19.1 Å². The fourth-order valence-electron chi connectivity index (χ4n) is 1.75. The Balaban J connectivity index is 2.58. The van der Waals surface area contributed by atoms with E-state index in [2.05, 4.69) is 29.4 Å². The van der Waals surface area contributed by atoms with Gasteiger partial charge in [-0.25, -0.2) is 4.79 Å². The minimum atomic E-state index is -0.135. The molecule has 2 amide bonds. The van der Waals surface area contributed by atoms with Crippen LogP contribution < -0.4 is 16.4 Å². The molecule has 1 aromatic carbocycles. The number of nitrogens with two attached hydrogens (primary N) is 1. The summed E-state index contributed by atoms with van der Waals surface area (Å²) in [5.74, 6) is 5.82. The van der Waals surface area contributed by atoms with Crippen LogP contribution in [0.4, 0.5) is 4.79 Å². The number of amides is 2. The zero-order valence-corrected chi connectivity index (χ0v) is 12.2. The van der Waals surface area contributed by atoms with Crippen molar-refractivity contribution in [3.63, 3.8) is 0 Å². The van der Waals surface area contributed by atoms with Gasteiger partial charge in [-0.05, 0) is 31.0 Å². The predicted octanol–water partition coefficient (Wildman–Crippen LogP) is 2.16. The summed E-state index contributed by atoms with van der Waals surface area (Å²) in [4.78, 5) is 11.7. The summed E-state index contributed by atoms with van der Waals surface area (Å²) in [6.45, 7) is 5.10. The Morgan fingerprint density at radius 1 is 1.45 bits per heavy atom. The monoisotopic (exact) mass is 273 g/mol. The highest BCUT2D eigenvalue weighted by Crippen LogP contribution is 2.13. The molecule has 4 heteroatoms. The highest BCUT2D eigenvalue weighted by atomic mass is 16.2. The number of nitrogens with one attached hydrogen (secondary N) is 2. The molecule has 0 spiro atoms. The van der Waals surface area contributed by atoms with E-state index in [9.17, 15) is 4.79 Å². The van der Waals surface area contributed by atoms with Crippen LogP contribution in [0.25, 0.3) is 0 Å². The lowest BCUT2D eigenvalue weighted by Crippen LogP contribution is -2.37. The van der Waals surface area contributed by atoms with E-state index in [4.69, 9.17) is 5.73 Å². The minimum Gasteiger partial charge on any atom is -0.338 e. The van der Waals surface area contributed by atoms with Crippen LogP contribution in [0.2, 0.25) is 0 Å². The molecule has 1 rings (SSSR count). The first kappa shape index (κ1) is 16.1. The van der Waals surface area contributed by atoms with Crippen LogP contribution in [0.3, 0.4) is 0 Å². The van der Waals surface area contributed by atoms with E-state index in [1.54, 1.807) is 0 Å². The molecule has 0 aliphatic rings. The highest BCUT2D eigenvalue weighted by Gasteiger charge is 2.08. The van der Waals surface area contributed by atoms with Gasteiger partial charge in [-0.2, -0.15) is 0 Å². The molecule has 0 aromatic heterocycles. The van der Waals surface area contributed by atoms with Gasteiger partial charge < -0.3 is 16.4 Å². The van der Waals surface area contributed by atoms with Crippen molar-refractivity contribution in [3.8, 4) is 11.8 Å². The molecule has 108 valence electrons. The maximum atomic E-state index is 11.7. The number of carbonyl (C=O) groups excluding carboxylic acids is 1. The number of unbranched alkanes of at least 4 members (excludes halogenated alkanes) is 1. The number of hydrogen-bond donors (Lipinski definition) is 3. The molecule has 0 aliphatic carbocycles. The summed E-state index contributed by atoms with van der Waals surface area (Å²) < 4.78 is 0. The van der Waals surface area contributed by atoms with Gasteiger partial charge in [0.25, 0.3) is 0 Å². The summed E-state index contributed by atoms with van der Waals surface area (Å²) >= 11 is 0. The van der Waals surface area contributed by atoms with Gasteiger partial charge in [-0.1, -0.05) is 37.3 Å². The van der Waals surface area contributed by atoms with Crippen LogP contribution in [0.1, 0.15) is 43.9 Å². The van der Waals surface area contributed by atoms with Crippen molar-refractivity contribution in [2.75, 3.05) is 13.1 Å². The molecule has 1 unspecified atom stereocenters. The Bertz CT molecular complexity index is 488. The standard InChI is InChI=1S/C16H23N3O/c1-3-4-11-18-16(20)19-13(2)15-9-5-7-14(12-15)8-6-10-17/h5,7,9,12-13H,3-4,10-11,17H2,1-2H3,(H2,18,19,20). The number of benzene rings is 1. The van der Waals surface area contributed by atoms with Crippen molar-refractivity contribution >= 4 is 6.03 Å². The average molecular weight is 273 g/mol. The summed E-state index contributed by atoms with van der Waals surface area (Å²) in [7, 11) is 0. The molecule has 4 N–H and O–H groups in total. The second-order valence-electron chi connectivity index (χ2n) is 4.61. The van der Waals surface area contributed by atoms with Crippen molar-refractivity contribution in [2.24, 2.45) is 5.73 Å². The van der Waals surface area contributed by atoms with E-state index in [1.807, 2.05) is 31.2 Å². The number of hydrogen-bond acceptors (Lipinski definition) is 2. The summed E-state index contributed by atoms with van der Waals surface area (Å²) in [6.07, 6.45) is 2.06. The Labute approximate surface area is 121 Å². The van der Waals surface area contributed by atoms with Gasteiger partial charge >= 0.3 is 6.03 Å². The fraction of sp³-hybridized carbons (Fsp3) is 0.438. The zero-order valence-electron chi connectivity index (χ0n) is 12.2. The van der Waals surface area contributed by atoms with Crippen molar-refractivity contribution < 1.29 is 4.79 Å². The van der Waals surface area contributed by atoms with Gasteiger partial charge in [0.1, 0.15) is 0 Å². The second-order valence-corrected chi connectivity index (χ2v) is 4.61. The van der Waals surface area contributed by atoms with Crippen molar-refractivity contribution in [2.45, 2.75) is 32.7 Å². The molecule has 0 saturated carbocycles. The van der Waals surface area contributed by atoms with Crippen molar-refractivity contribution in [1.29, 1.82) is 0 Å². The van der Waals surface area contributed by atoms with Gasteiger partial charge in [0.05, 0.1) is 12.6 Å². The topological polar surface area (TPSA) is 67.2 Å². The summed E-state index contributed by atoms with van der Waals surface area (Å²) in [5, 5.41) is 5.75. The Morgan fingerprint density at radius 2 is 2.25 bits per heavy atom. The third-order valence-electron chi connectivity index (χ3n) is 2.88. The largest absolute Gasteiger partial charge is 0.338 e. The fourth-order valence-corrected chi connectivity index (χ4v) is 1.75. The van der Waals surface area contributed by atoms with E-state index in [0.29, 0.717) is 13.1 Å². The van der Waals surface area contributed by atoms with Gasteiger partial charge in [0.2, 0.25) is 0 Å². The molecule has 0 fully saturated rings. The summed E-state index contributed by atoms with van der Waals surface area (Å²) in [5.41, 5.74) is 7.30. The molecular formula is C16H23N3O. The number of rotatable bonds is 5. The molecule has 0 aliphatic heterocycles. The molecule has 1 aromatic rings. The maximum absolute atomic E-state index is 11.7. The predicted molar refractivity (Wildman–Crippen MR) is 82.2 cm³/mol. The summed E-state index contributed by atoms with van der Waals surface area (Å²) in [6, 6.07) is 7.62. The molecule has 20 heavy (non-hydrogen) atoms. The van der Waals surface area contributed by atoms with Gasteiger partial charge in [0.15, 0.2) is 0 Å². The first-order valence-corrected chi connectivity index (χ1v) is 7.00. The van der Waals surface area contributed by atoms with Crippen molar-refractivity contribution in [3.05, 3.63) is 35.4 Å². The van der Waals surface area contributed by atoms with Crippen LogP contribution in [0.15, 0.2) is 24.3 Å². The first-order chi connectivity index (χ1) is 9.67. The molecule has 0 saturated heterocycles. The maximum Gasteiger partial charge on any atom is 0.315 e. The average Bonchev–Trinajstić information content (AvgIpc) is 2.45. The van der Waals surface area contributed by atoms with Crippen LogP contribution >= 0.6 is 0 Å². The van der Waals surface area contributed by atoms with Gasteiger partial charge in [-0.15, -0.1) is 0 Å². The van der Waals surface area contributed by atoms with E-state index in [0.717, 1.165) is 24.0 Å². The second kappa shape index (κ2) is 9.00. The number of urea groups is 1. The third kappa shape index (κ3) is 5.77. The third-order valence-corrected chi connectivity index (χ3v) is 2.88. The van der Waals surface area contributed by atoms with Crippen LogP contribution in [0, 0.1) is 11.8 Å². The van der Waals surface area contributed by atoms with Crippen molar-refractivity contribution in [1.82, 2.24) is 10.6 Å². The lowest BCUT2D eigenvalue weighted by molar-refractivity contribution is 0.238. The van der Waals surface area contributed by atoms with Gasteiger partial charge in [0, 0.05) is 12.1 Å². The zero-order chi connectivity index (χ0) is 14.8. The van der Waals surface area contributed by atoms with E-state index in [1.165, 1.54) is 0 Å². The molecule has 0 bridgehead atoms. The quantitative estimate of drug-likeness (QED) is 0.568. The Morgan fingerprint density at radius 3 is 2.95 bits per heavy atom. The molecular weight excluding hydrogens is 250 g/mol. The van der Waals surface area contributed by atoms with E-state index < -0.39 is 0 Å². The molecule has 0 radical (unpaired) electrons. The molecule has 1 atom stereocenters. The smallest absolute Gasteiger partial charge is 0.315 e. The Hall–Kier alpha value is -1.99. The van der Waals surface area contributed by atoms with E-state index >= 15 is 0 Å². The molecule has 0 heterocycles. The SMILES string of the molecule is CCCCNC(=O)NC(C)c1cccc(C#CCN)c1. The van der Waals surface area contributed by atoms with E-state index in [-0.39, 0.29) is 12.1 Å². The first-order valence-electron chi connectivity index (χ1n) is 7.00. The lowest BCUT2D eigenvalue weighted by atomic mass is 10.1. The van der Waals surface area contributed by atoms with Crippen LogP contribution in [-0.2, 0) is 0 Å². The van der Waals surface area contributed by atoms with Crippen LogP contribution in [0.5, 0.6) is 0 Å². The minimum absolute atomic E-state index is 0.0590. The highest BCUT2D eigenvalue weighted by molar-refractivity contribution is 5.74.